The lowest BCUT2D eigenvalue weighted by Gasteiger charge is -2.25. The number of nitrogens with one attached hydrogen (secondary N) is 1. The normalized spacial score (nSPS) is 12.1. The summed E-state index contributed by atoms with van der Waals surface area (Å²) < 4.78 is 46.4. The van der Waals surface area contributed by atoms with Crippen LogP contribution < -0.4 is 14.4 Å². The SMILES string of the molecule is CCC(CNC(=O)CN(c1ccc(F)cc1)S(=O)(=O)c1ccc(OC)cc1)Cc1ccccc1. The first-order valence-corrected chi connectivity index (χ1v) is 12.5. The number of ether oxygens (including phenoxy) is 1. The zero-order valence-electron chi connectivity index (χ0n) is 19.3. The van der Waals surface area contributed by atoms with Gasteiger partial charge in [0, 0.05) is 6.54 Å². The van der Waals surface area contributed by atoms with Crippen molar-refractivity contribution >= 4 is 21.6 Å². The van der Waals surface area contributed by atoms with Gasteiger partial charge in [0.25, 0.3) is 10.0 Å². The summed E-state index contributed by atoms with van der Waals surface area (Å²) in [6.07, 6.45) is 1.67. The van der Waals surface area contributed by atoms with Gasteiger partial charge in [0.2, 0.25) is 5.91 Å². The molecule has 0 saturated heterocycles. The Hall–Kier alpha value is -3.39. The summed E-state index contributed by atoms with van der Waals surface area (Å²) in [5, 5.41) is 2.87. The van der Waals surface area contributed by atoms with E-state index in [1.807, 2.05) is 30.3 Å². The topological polar surface area (TPSA) is 75.7 Å². The first-order chi connectivity index (χ1) is 16.3. The number of benzene rings is 3. The first kappa shape index (κ1) is 25.2. The van der Waals surface area contributed by atoms with Gasteiger partial charge in [-0.1, -0.05) is 43.7 Å². The average Bonchev–Trinajstić information content (AvgIpc) is 2.86. The van der Waals surface area contributed by atoms with Gasteiger partial charge in [-0.15, -0.1) is 0 Å². The van der Waals surface area contributed by atoms with E-state index in [1.165, 1.54) is 49.1 Å². The van der Waals surface area contributed by atoms with Gasteiger partial charge in [0.05, 0.1) is 17.7 Å². The van der Waals surface area contributed by atoms with E-state index >= 15 is 0 Å². The number of nitrogens with zero attached hydrogens (tertiary/aromatic N) is 1. The zero-order chi connectivity index (χ0) is 24.6. The molecule has 0 aromatic heterocycles. The maximum Gasteiger partial charge on any atom is 0.264 e. The third kappa shape index (κ3) is 6.57. The van der Waals surface area contributed by atoms with Crippen molar-refractivity contribution in [1.82, 2.24) is 5.32 Å². The molecule has 0 aliphatic heterocycles. The van der Waals surface area contributed by atoms with Gasteiger partial charge in [0.15, 0.2) is 0 Å². The van der Waals surface area contributed by atoms with Crippen LogP contribution in [0.4, 0.5) is 10.1 Å². The molecule has 3 aromatic rings. The Morgan fingerprint density at radius 2 is 1.65 bits per heavy atom. The van der Waals surface area contributed by atoms with Crippen molar-refractivity contribution in [3.63, 3.8) is 0 Å². The lowest BCUT2D eigenvalue weighted by atomic mass is 9.97. The predicted molar refractivity (Wildman–Crippen MR) is 131 cm³/mol. The number of hydrogen-bond donors (Lipinski definition) is 1. The second-order valence-electron chi connectivity index (χ2n) is 7.93. The molecular formula is C26H29FN2O4S. The zero-order valence-corrected chi connectivity index (χ0v) is 20.1. The molecule has 34 heavy (non-hydrogen) atoms. The van der Waals surface area contributed by atoms with Gasteiger partial charge in [0.1, 0.15) is 18.1 Å². The molecule has 0 bridgehead atoms. The highest BCUT2D eigenvalue weighted by atomic mass is 32.2. The standard InChI is InChI=1S/C26H29FN2O4S/c1-3-20(17-21-7-5-4-6-8-21)18-28-26(30)19-29(23-11-9-22(27)10-12-23)34(31,32)25-15-13-24(33-2)14-16-25/h4-16,20H,3,17-19H2,1-2H3,(H,28,30). The molecule has 1 amide bonds. The highest BCUT2D eigenvalue weighted by molar-refractivity contribution is 7.92. The van der Waals surface area contributed by atoms with Crippen LogP contribution in [0.1, 0.15) is 18.9 Å². The van der Waals surface area contributed by atoms with Crippen molar-refractivity contribution in [3.05, 3.63) is 90.2 Å². The monoisotopic (exact) mass is 484 g/mol. The maximum atomic E-state index is 13.5. The molecule has 6 nitrogen and oxygen atoms in total. The molecule has 0 fully saturated rings. The van der Waals surface area contributed by atoms with Crippen molar-refractivity contribution in [2.24, 2.45) is 5.92 Å². The van der Waals surface area contributed by atoms with Crippen molar-refractivity contribution in [1.29, 1.82) is 0 Å². The number of rotatable bonds is 11. The van der Waals surface area contributed by atoms with Crippen molar-refractivity contribution < 1.29 is 22.3 Å². The Kier molecular flexibility index (Phi) is 8.65. The molecule has 1 unspecified atom stereocenters. The number of methoxy groups -OCH3 is 1. The van der Waals surface area contributed by atoms with E-state index in [4.69, 9.17) is 4.74 Å². The van der Waals surface area contributed by atoms with E-state index in [9.17, 15) is 17.6 Å². The van der Waals surface area contributed by atoms with Crippen LogP contribution in [-0.2, 0) is 21.2 Å². The minimum atomic E-state index is -4.09. The van der Waals surface area contributed by atoms with Gasteiger partial charge in [-0.05, 0) is 66.4 Å². The fourth-order valence-electron chi connectivity index (χ4n) is 3.55. The minimum Gasteiger partial charge on any atom is -0.497 e. The number of hydrogen-bond acceptors (Lipinski definition) is 4. The molecule has 1 N–H and O–H groups in total. The van der Waals surface area contributed by atoms with Crippen molar-refractivity contribution in [3.8, 4) is 5.75 Å². The molecule has 8 heteroatoms. The lowest BCUT2D eigenvalue weighted by Crippen LogP contribution is -2.42. The van der Waals surface area contributed by atoms with Crippen molar-refractivity contribution in [2.75, 3.05) is 24.5 Å². The Morgan fingerprint density at radius 3 is 2.24 bits per heavy atom. The van der Waals surface area contributed by atoms with Crippen LogP contribution in [0.3, 0.4) is 0 Å². The molecule has 0 heterocycles. The third-order valence-corrected chi connectivity index (χ3v) is 7.37. The van der Waals surface area contributed by atoms with Crippen LogP contribution in [0.15, 0.2) is 83.8 Å². The molecule has 0 aliphatic rings. The summed E-state index contributed by atoms with van der Waals surface area (Å²) >= 11 is 0. The summed E-state index contributed by atoms with van der Waals surface area (Å²) in [5.41, 5.74) is 1.38. The minimum absolute atomic E-state index is 0.000868. The molecule has 0 spiro atoms. The summed E-state index contributed by atoms with van der Waals surface area (Å²) in [4.78, 5) is 12.8. The third-order valence-electron chi connectivity index (χ3n) is 5.58. The Balaban J connectivity index is 1.77. The van der Waals surface area contributed by atoms with E-state index in [0.717, 1.165) is 29.3 Å². The molecule has 0 saturated carbocycles. The number of carbonyl (C=O) groups is 1. The summed E-state index contributed by atoms with van der Waals surface area (Å²) in [7, 11) is -2.60. The Bertz CT molecular complexity index is 1170. The quantitative estimate of drug-likeness (QED) is 0.437. The van der Waals surface area contributed by atoms with E-state index in [-0.39, 0.29) is 16.5 Å². The van der Waals surface area contributed by atoms with Gasteiger partial charge in [-0.25, -0.2) is 12.8 Å². The maximum absolute atomic E-state index is 13.5. The molecule has 180 valence electrons. The van der Waals surface area contributed by atoms with Crippen molar-refractivity contribution in [2.45, 2.75) is 24.7 Å². The smallest absolute Gasteiger partial charge is 0.264 e. The number of halogens is 1. The molecule has 1 atom stereocenters. The van der Waals surface area contributed by atoms with Gasteiger partial charge >= 0.3 is 0 Å². The Labute approximate surface area is 200 Å². The second-order valence-corrected chi connectivity index (χ2v) is 9.79. The van der Waals surface area contributed by atoms with Gasteiger partial charge in [-0.2, -0.15) is 0 Å². The van der Waals surface area contributed by atoms with Crippen LogP contribution >= 0.6 is 0 Å². The van der Waals surface area contributed by atoms with Crippen LogP contribution in [-0.4, -0.2) is 34.5 Å². The van der Waals surface area contributed by atoms with Crippen LogP contribution in [0.5, 0.6) is 5.75 Å². The number of sulfonamides is 1. The second kappa shape index (κ2) is 11.7. The van der Waals surface area contributed by atoms with E-state index in [0.29, 0.717) is 12.3 Å². The number of carbonyl (C=O) groups excluding carboxylic acids is 1. The molecule has 3 aromatic carbocycles. The highest BCUT2D eigenvalue weighted by Gasteiger charge is 2.27. The molecule has 0 aliphatic carbocycles. The average molecular weight is 485 g/mol. The largest absolute Gasteiger partial charge is 0.497 e. The van der Waals surface area contributed by atoms with Crippen LogP contribution in [0, 0.1) is 11.7 Å². The van der Waals surface area contributed by atoms with Gasteiger partial charge < -0.3 is 10.1 Å². The van der Waals surface area contributed by atoms with E-state index in [2.05, 4.69) is 12.2 Å². The molecule has 0 radical (unpaired) electrons. The predicted octanol–water partition coefficient (Wildman–Crippen LogP) is 4.41. The number of anilines is 1. The van der Waals surface area contributed by atoms with Crippen LogP contribution in [0.25, 0.3) is 0 Å². The van der Waals surface area contributed by atoms with E-state index in [1.54, 1.807) is 0 Å². The summed E-state index contributed by atoms with van der Waals surface area (Å²) in [5.74, 6) is -0.215. The summed E-state index contributed by atoms with van der Waals surface area (Å²) in [6, 6.07) is 20.9. The Morgan fingerprint density at radius 1 is 1.00 bits per heavy atom. The molecule has 3 rings (SSSR count). The first-order valence-electron chi connectivity index (χ1n) is 11.1. The summed E-state index contributed by atoms with van der Waals surface area (Å²) in [6.45, 7) is 2.05. The highest BCUT2D eigenvalue weighted by Crippen LogP contribution is 2.25. The number of amides is 1. The van der Waals surface area contributed by atoms with Gasteiger partial charge in [-0.3, -0.25) is 9.10 Å². The van der Waals surface area contributed by atoms with E-state index < -0.39 is 28.3 Å². The molecular weight excluding hydrogens is 455 g/mol. The van der Waals surface area contributed by atoms with Crippen LogP contribution in [0.2, 0.25) is 0 Å². The fourth-order valence-corrected chi connectivity index (χ4v) is 4.97. The fraction of sp³-hybridized carbons (Fsp3) is 0.269. The lowest BCUT2D eigenvalue weighted by molar-refractivity contribution is -0.119.